The monoisotopic (exact) mass is 409 g/mol. The summed E-state index contributed by atoms with van der Waals surface area (Å²) in [5.74, 6) is 0.279. The maximum atomic E-state index is 12.9. The summed E-state index contributed by atoms with van der Waals surface area (Å²) in [6.07, 6.45) is 6.14. The van der Waals surface area contributed by atoms with E-state index in [0.717, 1.165) is 29.5 Å². The van der Waals surface area contributed by atoms with Gasteiger partial charge in [-0.15, -0.1) is 6.58 Å². The molecule has 0 spiro atoms. The summed E-state index contributed by atoms with van der Waals surface area (Å²) in [5, 5.41) is 7.12. The zero-order valence-electron chi connectivity index (χ0n) is 17.1. The summed E-state index contributed by atoms with van der Waals surface area (Å²) < 4.78 is 11.1. The molecule has 0 radical (unpaired) electrons. The minimum absolute atomic E-state index is 0.0866. The fourth-order valence-corrected chi connectivity index (χ4v) is 4.29. The quantitative estimate of drug-likeness (QED) is 0.514. The number of hydrogen-bond donors (Lipinski definition) is 2. The molecule has 7 nitrogen and oxygen atoms in total. The first-order valence-electron chi connectivity index (χ1n) is 10.3. The van der Waals surface area contributed by atoms with Crippen molar-refractivity contribution in [2.45, 2.75) is 43.4 Å². The van der Waals surface area contributed by atoms with E-state index in [0.29, 0.717) is 19.4 Å². The van der Waals surface area contributed by atoms with Crippen LogP contribution in [0.5, 0.6) is 5.75 Å². The highest BCUT2D eigenvalue weighted by Crippen LogP contribution is 2.47. The number of benzene rings is 1. The average molecular weight is 409 g/mol. The number of aromatic nitrogens is 1. The highest BCUT2D eigenvalue weighted by molar-refractivity contribution is 5.93. The Morgan fingerprint density at radius 2 is 2.20 bits per heavy atom. The highest BCUT2D eigenvalue weighted by atomic mass is 16.5. The molecule has 1 aromatic carbocycles. The molecule has 1 aliphatic carbocycles. The van der Waals surface area contributed by atoms with Crippen molar-refractivity contribution in [3.8, 4) is 5.75 Å². The van der Waals surface area contributed by atoms with Crippen LogP contribution in [0.3, 0.4) is 0 Å². The van der Waals surface area contributed by atoms with E-state index < -0.39 is 11.6 Å². The predicted molar refractivity (Wildman–Crippen MR) is 113 cm³/mol. The van der Waals surface area contributed by atoms with Crippen LogP contribution in [-0.2, 0) is 14.3 Å². The number of hydrogen-bond acceptors (Lipinski definition) is 6. The number of nitrogens with zero attached hydrogens (tertiary/aromatic N) is 1. The third-order valence-corrected chi connectivity index (χ3v) is 6.03. The summed E-state index contributed by atoms with van der Waals surface area (Å²) in [6.45, 7) is 4.28. The van der Waals surface area contributed by atoms with E-state index in [9.17, 15) is 9.59 Å². The minimum Gasteiger partial charge on any atom is -0.488 e. The lowest BCUT2D eigenvalue weighted by atomic mass is 10.1. The summed E-state index contributed by atoms with van der Waals surface area (Å²) >= 11 is 0. The van der Waals surface area contributed by atoms with Crippen LogP contribution in [0.1, 0.15) is 25.7 Å². The van der Waals surface area contributed by atoms with Crippen molar-refractivity contribution in [1.29, 1.82) is 0 Å². The van der Waals surface area contributed by atoms with Crippen molar-refractivity contribution in [1.82, 2.24) is 15.6 Å². The fraction of sp³-hybridized carbons (Fsp3) is 0.435. The molecule has 2 heterocycles. The molecule has 2 aromatic rings. The van der Waals surface area contributed by atoms with E-state index in [1.165, 1.54) is 7.11 Å². The van der Waals surface area contributed by atoms with Crippen LogP contribution >= 0.6 is 0 Å². The zero-order valence-corrected chi connectivity index (χ0v) is 17.1. The van der Waals surface area contributed by atoms with E-state index >= 15 is 0 Å². The van der Waals surface area contributed by atoms with Gasteiger partial charge in [-0.1, -0.05) is 18.2 Å². The van der Waals surface area contributed by atoms with Gasteiger partial charge in [0.05, 0.1) is 18.7 Å². The lowest BCUT2D eigenvalue weighted by molar-refractivity contribution is -0.147. The van der Waals surface area contributed by atoms with Gasteiger partial charge in [0.2, 0.25) is 5.91 Å². The number of fused-ring (bicyclic) bond motifs is 1. The number of pyridine rings is 1. The maximum absolute atomic E-state index is 12.9. The number of rotatable bonds is 8. The number of carbonyl (C=O) groups is 2. The molecular weight excluding hydrogens is 382 g/mol. The second-order valence-corrected chi connectivity index (χ2v) is 7.98. The SMILES string of the molecule is C=CCC[C@@H]1C[C@]1(NC(=O)[C@@H]1CC(Oc2ccnc3ccccc23)CN1)C(=O)OC. The van der Waals surface area contributed by atoms with E-state index in [2.05, 4.69) is 22.2 Å². The van der Waals surface area contributed by atoms with Gasteiger partial charge in [0.1, 0.15) is 17.4 Å². The maximum Gasteiger partial charge on any atom is 0.331 e. The molecule has 1 unspecified atom stereocenters. The third kappa shape index (κ3) is 3.89. The normalized spacial score (nSPS) is 27.4. The Hall–Kier alpha value is -2.93. The molecule has 1 amide bonds. The Morgan fingerprint density at radius 3 is 3.00 bits per heavy atom. The second-order valence-electron chi connectivity index (χ2n) is 7.98. The Balaban J connectivity index is 1.38. The molecule has 2 fully saturated rings. The third-order valence-electron chi connectivity index (χ3n) is 6.03. The fourth-order valence-electron chi connectivity index (χ4n) is 4.29. The molecule has 1 aromatic heterocycles. The number of methoxy groups -OCH3 is 1. The molecule has 30 heavy (non-hydrogen) atoms. The standard InChI is InChI=1S/C23H27N3O4/c1-3-4-7-15-13-23(15,22(28)29-2)26-21(27)19-12-16(14-25-19)30-20-10-11-24-18-9-6-5-8-17(18)20/h3,5-6,8-11,15-16,19,25H,1,4,7,12-14H2,2H3,(H,26,27)/t15-,16?,19+,23-/m1/s1. The van der Waals surface area contributed by atoms with E-state index in [1.54, 1.807) is 6.20 Å². The van der Waals surface area contributed by atoms with Crippen LogP contribution in [0.25, 0.3) is 10.9 Å². The Kier molecular flexibility index (Phi) is 5.72. The molecule has 1 saturated carbocycles. The van der Waals surface area contributed by atoms with E-state index in [4.69, 9.17) is 9.47 Å². The van der Waals surface area contributed by atoms with Gasteiger partial charge in [-0.2, -0.15) is 0 Å². The summed E-state index contributed by atoms with van der Waals surface area (Å²) in [4.78, 5) is 29.6. The van der Waals surface area contributed by atoms with Crippen LogP contribution in [0.4, 0.5) is 0 Å². The Morgan fingerprint density at radius 1 is 1.37 bits per heavy atom. The van der Waals surface area contributed by atoms with Gasteiger partial charge >= 0.3 is 5.97 Å². The molecule has 4 rings (SSSR count). The van der Waals surface area contributed by atoms with Crippen molar-refractivity contribution in [2.24, 2.45) is 5.92 Å². The molecule has 158 valence electrons. The van der Waals surface area contributed by atoms with E-state index in [1.807, 2.05) is 36.4 Å². The predicted octanol–water partition coefficient (Wildman–Crippen LogP) is 2.36. The van der Waals surface area contributed by atoms with Crippen LogP contribution < -0.4 is 15.4 Å². The van der Waals surface area contributed by atoms with Gasteiger partial charge < -0.3 is 20.1 Å². The summed E-state index contributed by atoms with van der Waals surface area (Å²) in [5.41, 5.74) is -0.0360. The Labute approximate surface area is 175 Å². The van der Waals surface area contributed by atoms with Crippen molar-refractivity contribution in [3.05, 3.63) is 49.2 Å². The smallest absolute Gasteiger partial charge is 0.331 e. The molecule has 2 N–H and O–H groups in total. The topological polar surface area (TPSA) is 89.5 Å². The minimum atomic E-state index is -0.906. The second kappa shape index (κ2) is 8.44. The molecular formula is C23H27N3O4. The lowest BCUT2D eigenvalue weighted by Gasteiger charge is -2.20. The molecule has 1 saturated heterocycles. The van der Waals surface area contributed by atoms with Gasteiger partial charge in [-0.05, 0) is 43.4 Å². The van der Waals surface area contributed by atoms with Gasteiger partial charge in [0.15, 0.2) is 0 Å². The summed E-state index contributed by atoms with van der Waals surface area (Å²) in [7, 11) is 1.36. The lowest BCUT2D eigenvalue weighted by Crippen LogP contribution is -2.51. The number of amides is 1. The number of ether oxygens (including phenoxy) is 2. The van der Waals surface area contributed by atoms with Crippen LogP contribution in [-0.4, -0.2) is 48.2 Å². The highest BCUT2D eigenvalue weighted by Gasteiger charge is 2.62. The molecule has 2 aliphatic rings. The first-order valence-corrected chi connectivity index (χ1v) is 10.3. The van der Waals surface area contributed by atoms with Crippen molar-refractivity contribution in [2.75, 3.05) is 13.7 Å². The van der Waals surface area contributed by atoms with Gasteiger partial charge in [0.25, 0.3) is 0 Å². The molecule has 4 atom stereocenters. The van der Waals surface area contributed by atoms with Crippen LogP contribution in [0.15, 0.2) is 49.2 Å². The Bertz CT molecular complexity index is 957. The van der Waals surface area contributed by atoms with Gasteiger partial charge in [-0.25, -0.2) is 4.79 Å². The number of allylic oxidation sites excluding steroid dienone is 1. The number of para-hydroxylation sites is 1. The number of carbonyl (C=O) groups excluding carboxylic acids is 2. The number of nitrogens with one attached hydrogen (secondary N) is 2. The van der Waals surface area contributed by atoms with Gasteiger partial charge in [-0.3, -0.25) is 9.78 Å². The largest absolute Gasteiger partial charge is 0.488 e. The first-order chi connectivity index (χ1) is 14.6. The zero-order chi connectivity index (χ0) is 21.1. The van der Waals surface area contributed by atoms with Crippen molar-refractivity contribution in [3.63, 3.8) is 0 Å². The summed E-state index contributed by atoms with van der Waals surface area (Å²) in [6, 6.07) is 9.23. The van der Waals surface area contributed by atoms with Crippen LogP contribution in [0, 0.1) is 5.92 Å². The molecule has 1 aliphatic heterocycles. The van der Waals surface area contributed by atoms with Crippen LogP contribution in [0.2, 0.25) is 0 Å². The van der Waals surface area contributed by atoms with Crippen molar-refractivity contribution >= 4 is 22.8 Å². The number of esters is 1. The van der Waals surface area contributed by atoms with Crippen molar-refractivity contribution < 1.29 is 19.1 Å². The first kappa shape index (κ1) is 20.3. The molecule has 0 bridgehead atoms. The average Bonchev–Trinajstić information content (AvgIpc) is 3.25. The van der Waals surface area contributed by atoms with E-state index in [-0.39, 0.29) is 23.9 Å². The van der Waals surface area contributed by atoms with Gasteiger partial charge in [0, 0.05) is 24.5 Å². The molecule has 7 heteroatoms.